The molecule has 6 nitrogen and oxygen atoms in total. The Morgan fingerprint density at radius 1 is 1.18 bits per heavy atom. The minimum atomic E-state index is -0.932. The Bertz CT molecular complexity index is 802. The van der Waals surface area contributed by atoms with Gasteiger partial charge in [0.15, 0.2) is 5.76 Å². The van der Waals surface area contributed by atoms with Crippen LogP contribution in [0.4, 0.5) is 0 Å². The summed E-state index contributed by atoms with van der Waals surface area (Å²) in [6.07, 6.45) is 1.91. The summed E-state index contributed by atoms with van der Waals surface area (Å²) in [5.74, 6) is 0.444. The summed E-state index contributed by atoms with van der Waals surface area (Å²) in [5.41, 5.74) is 3.18. The Labute approximate surface area is 127 Å². The minimum absolute atomic E-state index is 0.435. The van der Waals surface area contributed by atoms with E-state index in [9.17, 15) is 0 Å². The molecule has 0 unspecified atom stereocenters. The highest BCUT2D eigenvalue weighted by Gasteiger charge is 2.43. The van der Waals surface area contributed by atoms with E-state index in [1.165, 1.54) is 11.9 Å². The van der Waals surface area contributed by atoms with Crippen molar-refractivity contribution in [3.8, 4) is 0 Å². The lowest BCUT2D eigenvalue weighted by Gasteiger charge is -2.23. The first-order valence-electron chi connectivity index (χ1n) is 7.30. The van der Waals surface area contributed by atoms with E-state index < -0.39 is 5.79 Å². The molecule has 4 rings (SSSR count). The van der Waals surface area contributed by atoms with Crippen LogP contribution in [0.3, 0.4) is 0 Å². The molecular weight excluding hydrogens is 282 g/mol. The molecular formula is C16H17N3O3. The van der Waals surface area contributed by atoms with Crippen LogP contribution in [0.5, 0.6) is 0 Å². The summed E-state index contributed by atoms with van der Waals surface area (Å²) in [7, 11) is 0. The number of aryl methyl sites for hydroxylation is 2. The van der Waals surface area contributed by atoms with Crippen molar-refractivity contribution in [2.24, 2.45) is 0 Å². The molecule has 0 amide bonds. The molecule has 22 heavy (non-hydrogen) atoms. The lowest BCUT2D eigenvalue weighted by molar-refractivity contribution is -0.177. The van der Waals surface area contributed by atoms with Gasteiger partial charge in [-0.25, -0.2) is 4.98 Å². The number of nitrogens with zero attached hydrogens (tertiary/aromatic N) is 2. The molecule has 1 saturated heterocycles. The van der Waals surface area contributed by atoms with Gasteiger partial charge in [-0.15, -0.1) is 0 Å². The van der Waals surface area contributed by atoms with Crippen LogP contribution in [0.25, 0.3) is 11.0 Å². The van der Waals surface area contributed by atoms with Gasteiger partial charge in [-0.1, -0.05) is 11.6 Å². The van der Waals surface area contributed by atoms with E-state index in [1.807, 2.05) is 13.0 Å². The number of nitrogens with one attached hydrogen (secondary N) is 1. The van der Waals surface area contributed by atoms with Crippen molar-refractivity contribution in [3.05, 3.63) is 47.2 Å². The normalized spacial score (nSPS) is 17.4. The molecule has 0 aliphatic carbocycles. The minimum Gasteiger partial charge on any atom is -0.455 e. The first-order valence-corrected chi connectivity index (χ1v) is 7.30. The molecule has 0 radical (unpaired) electrons. The molecule has 6 heteroatoms. The van der Waals surface area contributed by atoms with E-state index in [0.29, 0.717) is 31.2 Å². The maximum atomic E-state index is 6.08. The number of benzene rings is 1. The van der Waals surface area contributed by atoms with Crippen molar-refractivity contribution in [2.45, 2.75) is 26.1 Å². The molecule has 1 aliphatic rings. The van der Waals surface area contributed by atoms with Crippen LogP contribution in [0.2, 0.25) is 0 Å². The van der Waals surface area contributed by atoms with E-state index >= 15 is 0 Å². The van der Waals surface area contributed by atoms with Crippen LogP contribution in [0.15, 0.2) is 28.9 Å². The number of furan rings is 1. The Morgan fingerprint density at radius 2 is 2.00 bits per heavy atom. The van der Waals surface area contributed by atoms with Gasteiger partial charge >= 0.3 is 0 Å². The number of ether oxygens (including phenoxy) is 2. The van der Waals surface area contributed by atoms with E-state index in [-0.39, 0.29) is 0 Å². The SMILES string of the molecule is Cc1cc(C)c2oc(C3(Cc4ncn[nH]4)OCCO3)cc2c1. The number of rotatable bonds is 3. The summed E-state index contributed by atoms with van der Waals surface area (Å²) in [6, 6.07) is 6.21. The van der Waals surface area contributed by atoms with Crippen molar-refractivity contribution in [1.29, 1.82) is 0 Å². The standard InChI is InChI=1S/C16H17N3O3/c1-10-5-11(2)15-12(6-10)7-13(22-15)16(20-3-4-21-16)8-14-17-9-18-19-14/h5-7,9H,3-4,8H2,1-2H3,(H,17,18,19). The number of aromatic amines is 1. The highest BCUT2D eigenvalue weighted by Crippen LogP contribution is 2.38. The maximum absolute atomic E-state index is 6.08. The van der Waals surface area contributed by atoms with Gasteiger partial charge in [0.25, 0.3) is 0 Å². The van der Waals surface area contributed by atoms with Crippen molar-refractivity contribution in [2.75, 3.05) is 13.2 Å². The average molecular weight is 299 g/mol. The third kappa shape index (κ3) is 2.12. The molecule has 3 aromatic rings. The smallest absolute Gasteiger partial charge is 0.235 e. The van der Waals surface area contributed by atoms with Gasteiger partial charge in [0.1, 0.15) is 17.7 Å². The van der Waals surface area contributed by atoms with E-state index in [4.69, 9.17) is 13.9 Å². The Morgan fingerprint density at radius 3 is 2.73 bits per heavy atom. The summed E-state index contributed by atoms with van der Waals surface area (Å²) in [5, 5.41) is 7.79. The molecule has 1 fully saturated rings. The Kier molecular flexibility index (Phi) is 3.02. The number of fused-ring (bicyclic) bond motifs is 1. The third-order valence-electron chi connectivity index (χ3n) is 3.94. The van der Waals surface area contributed by atoms with Gasteiger partial charge < -0.3 is 13.9 Å². The second-order valence-corrected chi connectivity index (χ2v) is 5.67. The highest BCUT2D eigenvalue weighted by molar-refractivity contribution is 5.82. The molecule has 1 aromatic carbocycles. The fourth-order valence-corrected chi connectivity index (χ4v) is 3.02. The number of hydrogen-bond donors (Lipinski definition) is 1. The van der Waals surface area contributed by atoms with Crippen LogP contribution in [0.1, 0.15) is 22.7 Å². The van der Waals surface area contributed by atoms with Gasteiger partial charge in [0.05, 0.1) is 19.6 Å². The molecule has 114 valence electrons. The number of aromatic nitrogens is 3. The molecule has 0 spiro atoms. The fraction of sp³-hybridized carbons (Fsp3) is 0.375. The topological polar surface area (TPSA) is 73.2 Å². The molecule has 1 aliphatic heterocycles. The van der Waals surface area contributed by atoms with Crippen LogP contribution in [-0.4, -0.2) is 28.4 Å². The quantitative estimate of drug-likeness (QED) is 0.804. The number of hydrogen-bond acceptors (Lipinski definition) is 5. The van der Waals surface area contributed by atoms with E-state index in [1.54, 1.807) is 0 Å². The van der Waals surface area contributed by atoms with Gasteiger partial charge in [0, 0.05) is 5.39 Å². The fourth-order valence-electron chi connectivity index (χ4n) is 3.02. The predicted octanol–water partition coefficient (Wildman–Crippen LogP) is 2.61. The molecule has 0 saturated carbocycles. The molecule has 2 aromatic heterocycles. The number of H-pyrrole nitrogens is 1. The zero-order chi connectivity index (χ0) is 15.2. The van der Waals surface area contributed by atoms with E-state index in [0.717, 1.165) is 16.5 Å². The van der Waals surface area contributed by atoms with Crippen molar-refractivity contribution in [3.63, 3.8) is 0 Å². The van der Waals surface area contributed by atoms with Gasteiger partial charge in [-0.05, 0) is 31.5 Å². The summed E-state index contributed by atoms with van der Waals surface area (Å²) >= 11 is 0. The summed E-state index contributed by atoms with van der Waals surface area (Å²) in [6.45, 7) is 5.18. The van der Waals surface area contributed by atoms with Crippen molar-refractivity contribution in [1.82, 2.24) is 15.2 Å². The molecule has 3 heterocycles. The highest BCUT2D eigenvalue weighted by atomic mass is 16.7. The van der Waals surface area contributed by atoms with Crippen LogP contribution in [-0.2, 0) is 21.7 Å². The summed E-state index contributed by atoms with van der Waals surface area (Å²) < 4.78 is 17.9. The first-order chi connectivity index (χ1) is 10.7. The summed E-state index contributed by atoms with van der Waals surface area (Å²) in [4.78, 5) is 4.17. The van der Waals surface area contributed by atoms with Crippen LogP contribution >= 0.6 is 0 Å². The Balaban J connectivity index is 1.81. The molecule has 0 atom stereocenters. The molecule has 0 bridgehead atoms. The first kappa shape index (κ1) is 13.5. The van der Waals surface area contributed by atoms with E-state index in [2.05, 4.69) is 34.2 Å². The lowest BCUT2D eigenvalue weighted by atomic mass is 10.1. The second-order valence-electron chi connectivity index (χ2n) is 5.67. The monoisotopic (exact) mass is 299 g/mol. The second kappa shape index (κ2) is 4.93. The van der Waals surface area contributed by atoms with Gasteiger partial charge in [0.2, 0.25) is 5.79 Å². The maximum Gasteiger partial charge on any atom is 0.235 e. The third-order valence-corrected chi connectivity index (χ3v) is 3.94. The van der Waals surface area contributed by atoms with Gasteiger partial charge in [-0.3, -0.25) is 5.10 Å². The van der Waals surface area contributed by atoms with Crippen molar-refractivity contribution < 1.29 is 13.9 Å². The zero-order valence-electron chi connectivity index (χ0n) is 12.5. The van der Waals surface area contributed by atoms with Crippen LogP contribution < -0.4 is 0 Å². The Hall–Kier alpha value is -2.18. The van der Waals surface area contributed by atoms with Crippen molar-refractivity contribution >= 4 is 11.0 Å². The lowest BCUT2D eigenvalue weighted by Crippen LogP contribution is -2.30. The predicted molar refractivity (Wildman–Crippen MR) is 79.4 cm³/mol. The van der Waals surface area contributed by atoms with Gasteiger partial charge in [-0.2, -0.15) is 5.10 Å². The van der Waals surface area contributed by atoms with Crippen LogP contribution in [0, 0.1) is 13.8 Å². The largest absolute Gasteiger partial charge is 0.455 e. The molecule has 1 N–H and O–H groups in total. The average Bonchev–Trinajstić information content (AvgIpc) is 3.18. The zero-order valence-corrected chi connectivity index (χ0v) is 12.5.